The number of carbonyl (C=O) groups is 1. The number of nitrogens with zero attached hydrogens (tertiary/aromatic N) is 1. The molecule has 0 bridgehead atoms. The minimum Gasteiger partial charge on any atom is -0.406 e. The number of anilines is 1. The molecule has 0 heterocycles. The molecule has 0 saturated heterocycles. The molecule has 0 spiro atoms. The van der Waals surface area contributed by atoms with Gasteiger partial charge in [-0.25, -0.2) is 5.84 Å². The molecule has 1 rings (SSSR count). The summed E-state index contributed by atoms with van der Waals surface area (Å²) in [5, 5.41) is 2.00. The first-order valence-electron chi connectivity index (χ1n) is 4.99. The topological polar surface area (TPSA) is 93.6 Å². The van der Waals surface area contributed by atoms with Gasteiger partial charge in [-0.05, 0) is 12.1 Å². The predicted molar refractivity (Wildman–Crippen MR) is 61.5 cm³/mol. The van der Waals surface area contributed by atoms with Crippen molar-refractivity contribution in [3.63, 3.8) is 0 Å². The van der Waals surface area contributed by atoms with E-state index in [0.29, 0.717) is 12.5 Å². The van der Waals surface area contributed by atoms with Crippen LogP contribution in [0.4, 0.5) is 23.3 Å². The van der Waals surface area contributed by atoms with Gasteiger partial charge in [0.2, 0.25) is 0 Å². The summed E-state index contributed by atoms with van der Waals surface area (Å²) in [6.07, 6.45) is -3.95. The van der Waals surface area contributed by atoms with E-state index in [1.54, 1.807) is 0 Å². The van der Waals surface area contributed by atoms with Gasteiger partial charge in [0, 0.05) is 17.3 Å². The molecule has 1 aromatic carbocycles. The quantitative estimate of drug-likeness (QED) is 0.251. The third-order valence-corrected chi connectivity index (χ3v) is 1.85. The first kappa shape index (κ1) is 15.6. The molecule has 0 aromatic heterocycles. The molecule has 0 saturated carbocycles. The molecule has 0 aliphatic heterocycles. The van der Waals surface area contributed by atoms with Crippen LogP contribution in [0.3, 0.4) is 0 Å². The lowest BCUT2D eigenvalue weighted by Gasteiger charge is -2.12. The van der Waals surface area contributed by atoms with Gasteiger partial charge >= 0.3 is 6.36 Å². The number of rotatable bonds is 5. The number of aldehydes is 1. The summed E-state index contributed by atoms with van der Waals surface area (Å²) in [6.45, 7) is 0. The van der Waals surface area contributed by atoms with E-state index < -0.39 is 12.1 Å². The Hall–Kier alpha value is -2.49. The minimum absolute atomic E-state index is 0.00977. The number of nitrogens with one attached hydrogen (secondary N) is 1. The third-order valence-electron chi connectivity index (χ3n) is 1.85. The van der Waals surface area contributed by atoms with Crippen LogP contribution < -0.4 is 21.6 Å². The molecule has 1 aromatic rings. The highest BCUT2D eigenvalue weighted by Crippen LogP contribution is 2.27. The second-order valence-electron chi connectivity index (χ2n) is 3.51. The number of hydrogen-bond donors (Lipinski definition) is 3. The number of hydrazine groups is 1. The molecule has 0 aliphatic carbocycles. The summed E-state index contributed by atoms with van der Waals surface area (Å²) >= 11 is 0. The van der Waals surface area contributed by atoms with Crippen LogP contribution in [0, 0.1) is 0 Å². The number of ether oxygens (including phenoxy) is 1. The fourth-order valence-electron chi connectivity index (χ4n) is 1.29. The number of halogens is 4. The van der Waals surface area contributed by atoms with Crippen molar-refractivity contribution in [2.24, 2.45) is 11.6 Å². The maximum atomic E-state index is 12.3. The van der Waals surface area contributed by atoms with Crippen LogP contribution >= 0.6 is 0 Å². The maximum Gasteiger partial charge on any atom is 0.573 e. The second-order valence-corrected chi connectivity index (χ2v) is 3.51. The SMILES string of the molecule is N/C(=C\N(N)F)Nc1cc(C=O)cc(OC(F)(F)F)c1. The average molecular weight is 294 g/mol. The first-order chi connectivity index (χ1) is 9.19. The fraction of sp³-hybridized carbons (Fsp3) is 0.100. The number of nitrogens with two attached hydrogens (primary N) is 2. The lowest BCUT2D eigenvalue weighted by molar-refractivity contribution is -0.274. The van der Waals surface area contributed by atoms with Gasteiger partial charge in [-0.2, -0.15) is 0 Å². The molecule has 0 radical (unpaired) electrons. The van der Waals surface area contributed by atoms with Crippen molar-refractivity contribution in [2.75, 3.05) is 5.32 Å². The van der Waals surface area contributed by atoms with Gasteiger partial charge in [0.05, 0.1) is 6.20 Å². The number of alkyl halides is 3. The van der Waals surface area contributed by atoms with Crippen LogP contribution in [0.15, 0.2) is 30.2 Å². The van der Waals surface area contributed by atoms with Crippen molar-refractivity contribution < 1.29 is 27.2 Å². The first-order valence-corrected chi connectivity index (χ1v) is 4.99. The molecule has 0 amide bonds. The van der Waals surface area contributed by atoms with Gasteiger partial charge in [-0.1, -0.05) is 4.48 Å². The third kappa shape index (κ3) is 5.44. The molecule has 10 heteroatoms. The summed E-state index contributed by atoms with van der Waals surface area (Å²) in [7, 11) is 0. The largest absolute Gasteiger partial charge is 0.573 e. The molecule has 0 atom stereocenters. The van der Waals surface area contributed by atoms with Gasteiger partial charge in [0.15, 0.2) is 0 Å². The van der Waals surface area contributed by atoms with Crippen LogP contribution in [0.2, 0.25) is 0 Å². The Morgan fingerprint density at radius 2 is 2.00 bits per heavy atom. The Morgan fingerprint density at radius 1 is 1.35 bits per heavy atom. The van der Waals surface area contributed by atoms with Crippen molar-refractivity contribution in [1.29, 1.82) is 0 Å². The summed E-state index contributed by atoms with van der Waals surface area (Å²) in [5.74, 6) is 3.74. The molecular weight excluding hydrogens is 284 g/mol. The van der Waals surface area contributed by atoms with Gasteiger partial charge in [0.1, 0.15) is 17.9 Å². The zero-order valence-electron chi connectivity index (χ0n) is 9.82. The average Bonchev–Trinajstić information content (AvgIpc) is 2.24. The highest BCUT2D eigenvalue weighted by molar-refractivity contribution is 5.78. The Balaban J connectivity index is 3.02. The molecule has 0 fully saturated rings. The van der Waals surface area contributed by atoms with E-state index in [1.165, 1.54) is 6.07 Å². The Bertz CT molecular complexity index is 516. The zero-order chi connectivity index (χ0) is 15.3. The zero-order valence-corrected chi connectivity index (χ0v) is 9.82. The Labute approximate surface area is 110 Å². The van der Waals surface area contributed by atoms with Crippen molar-refractivity contribution >= 4 is 12.0 Å². The van der Waals surface area contributed by atoms with E-state index in [1.807, 2.05) is 0 Å². The van der Waals surface area contributed by atoms with Crippen molar-refractivity contribution in [3.05, 3.63) is 35.8 Å². The van der Waals surface area contributed by atoms with E-state index in [-0.39, 0.29) is 22.3 Å². The van der Waals surface area contributed by atoms with Crippen LogP contribution in [0.25, 0.3) is 0 Å². The second kappa shape index (κ2) is 6.10. The number of hydrogen-bond acceptors (Lipinski definition) is 6. The van der Waals surface area contributed by atoms with Crippen molar-refractivity contribution in [3.8, 4) is 5.75 Å². The van der Waals surface area contributed by atoms with E-state index in [0.717, 1.165) is 12.1 Å². The summed E-state index contributed by atoms with van der Waals surface area (Å²) in [6, 6.07) is 3.01. The lowest BCUT2D eigenvalue weighted by Crippen LogP contribution is -2.20. The number of carbonyl (C=O) groups excluding carboxylic acids is 1. The van der Waals surface area contributed by atoms with Crippen LogP contribution in [0.1, 0.15) is 10.4 Å². The summed E-state index contributed by atoms with van der Waals surface area (Å²) < 4.78 is 52.3. The Kier molecular flexibility index (Phi) is 4.75. The molecule has 6 nitrogen and oxygen atoms in total. The van der Waals surface area contributed by atoms with Gasteiger partial charge < -0.3 is 15.8 Å². The van der Waals surface area contributed by atoms with Crippen LogP contribution in [0.5, 0.6) is 5.75 Å². The lowest BCUT2D eigenvalue weighted by atomic mass is 10.2. The standard InChI is InChI=1S/C10H10F4N4O2/c11-10(12,13)20-8-2-6(5-19)1-7(3-8)17-9(15)4-18(14)16/h1-5,17H,15-16H2/b9-4+. The molecule has 5 N–H and O–H groups in total. The minimum atomic E-state index is -4.91. The smallest absolute Gasteiger partial charge is 0.406 e. The fourth-order valence-corrected chi connectivity index (χ4v) is 1.29. The van der Waals surface area contributed by atoms with Gasteiger partial charge in [-0.15, -0.1) is 18.4 Å². The highest BCUT2D eigenvalue weighted by atomic mass is 19.4. The molecule has 0 unspecified atom stereocenters. The molecule has 20 heavy (non-hydrogen) atoms. The molecule has 110 valence electrons. The van der Waals surface area contributed by atoms with E-state index in [4.69, 9.17) is 5.73 Å². The normalized spacial score (nSPS) is 11.9. The summed E-state index contributed by atoms with van der Waals surface area (Å²) in [5.41, 5.74) is 5.21. The van der Waals surface area contributed by atoms with E-state index >= 15 is 0 Å². The van der Waals surface area contributed by atoms with Crippen LogP contribution in [-0.2, 0) is 0 Å². The van der Waals surface area contributed by atoms with Crippen LogP contribution in [-0.4, -0.2) is 17.9 Å². The molecular formula is C10H10F4N4O2. The summed E-state index contributed by atoms with van der Waals surface area (Å²) in [4.78, 5) is 10.6. The van der Waals surface area contributed by atoms with E-state index in [9.17, 15) is 22.4 Å². The maximum absolute atomic E-state index is 12.3. The number of benzene rings is 1. The highest BCUT2D eigenvalue weighted by Gasteiger charge is 2.31. The monoisotopic (exact) mass is 294 g/mol. The van der Waals surface area contributed by atoms with Crippen molar-refractivity contribution in [1.82, 2.24) is 5.23 Å². The van der Waals surface area contributed by atoms with Gasteiger partial charge in [0.25, 0.3) is 0 Å². The predicted octanol–water partition coefficient (Wildman–Crippen LogP) is 1.63. The van der Waals surface area contributed by atoms with Crippen molar-refractivity contribution in [2.45, 2.75) is 6.36 Å². The molecule has 0 aliphatic rings. The van der Waals surface area contributed by atoms with E-state index in [2.05, 4.69) is 15.9 Å². The van der Waals surface area contributed by atoms with Gasteiger partial charge in [-0.3, -0.25) is 4.79 Å². The Morgan fingerprint density at radius 3 is 2.50 bits per heavy atom.